The second kappa shape index (κ2) is 9.44. The molecule has 0 amide bonds. The topological polar surface area (TPSA) is 39.5 Å². The molecule has 4 aromatic carbocycles. The molecule has 0 aliphatic carbocycles. The second-order valence-electron chi connectivity index (χ2n) is 9.53. The molecule has 0 radical (unpaired) electrons. The molecule has 1 aliphatic heterocycles. The zero-order valence-corrected chi connectivity index (χ0v) is 21.1. The van der Waals surface area contributed by atoms with Crippen LogP contribution in [0, 0.1) is 6.57 Å². The number of aliphatic imine (C=N–C) groups is 1. The van der Waals surface area contributed by atoms with Gasteiger partial charge in [-0.05, 0) is 35.4 Å². The van der Waals surface area contributed by atoms with E-state index in [1.807, 2.05) is 73.1 Å². The van der Waals surface area contributed by atoms with Crippen molar-refractivity contribution in [1.29, 1.82) is 0 Å². The van der Waals surface area contributed by atoms with Crippen LogP contribution in [-0.4, -0.2) is 19.8 Å². The average molecular weight is 502 g/mol. The summed E-state index contributed by atoms with van der Waals surface area (Å²) < 4.78 is 4.41. The lowest BCUT2D eigenvalue weighted by atomic mass is 10.0. The van der Waals surface area contributed by atoms with Gasteiger partial charge in [-0.15, -0.1) is 0 Å². The molecule has 6 aromatic rings. The first-order valence-electron chi connectivity index (χ1n) is 12.8. The SMILES string of the molecule is [C-]#[N+]c1ccc(-c2cc3n(c2)Cc2cc(N=C(c4ccccc4)c4ccccc4)ccc2-n2ccnc2-3)cc1. The standard InChI is InChI=1S/C34H23N5/c1-35-29-14-12-24(13-15-29)27-21-32-34-36-18-19-39(34)31-17-16-30(20-28(31)23-38(32)22-27)37-33(25-8-4-2-5-9-25)26-10-6-3-7-11-26/h2-22H,23H2. The highest BCUT2D eigenvalue weighted by molar-refractivity contribution is 6.13. The molecular formula is C34H23N5. The third kappa shape index (κ3) is 4.14. The minimum Gasteiger partial charge on any atom is -0.340 e. The smallest absolute Gasteiger partial charge is 0.187 e. The molecule has 0 saturated heterocycles. The van der Waals surface area contributed by atoms with Crippen LogP contribution in [-0.2, 0) is 6.54 Å². The van der Waals surface area contributed by atoms with Crippen molar-refractivity contribution in [2.24, 2.45) is 4.99 Å². The summed E-state index contributed by atoms with van der Waals surface area (Å²) in [4.78, 5) is 13.4. The zero-order chi connectivity index (χ0) is 26.2. The minimum absolute atomic E-state index is 0.641. The number of imidazole rings is 1. The summed E-state index contributed by atoms with van der Waals surface area (Å²) in [7, 11) is 0. The molecule has 0 saturated carbocycles. The molecule has 0 unspecified atom stereocenters. The van der Waals surface area contributed by atoms with E-state index < -0.39 is 0 Å². The number of nitrogens with zero attached hydrogens (tertiary/aromatic N) is 5. The van der Waals surface area contributed by atoms with Gasteiger partial charge in [-0.2, -0.15) is 0 Å². The summed E-state index contributed by atoms with van der Waals surface area (Å²) in [5.41, 5.74) is 10.2. The summed E-state index contributed by atoms with van der Waals surface area (Å²) in [6.07, 6.45) is 6.04. The van der Waals surface area contributed by atoms with Crippen LogP contribution in [0.4, 0.5) is 11.4 Å². The van der Waals surface area contributed by atoms with Gasteiger partial charge in [-0.3, -0.25) is 4.57 Å². The lowest BCUT2D eigenvalue weighted by Crippen LogP contribution is -2.03. The monoisotopic (exact) mass is 501 g/mol. The molecule has 0 atom stereocenters. The fraction of sp³-hybridized carbons (Fsp3) is 0.0294. The van der Waals surface area contributed by atoms with Crippen LogP contribution >= 0.6 is 0 Å². The van der Waals surface area contributed by atoms with Gasteiger partial charge < -0.3 is 4.57 Å². The Kier molecular flexibility index (Phi) is 5.50. The summed E-state index contributed by atoms with van der Waals surface area (Å²) in [6.45, 7) is 7.94. The van der Waals surface area contributed by atoms with E-state index in [1.165, 1.54) is 5.56 Å². The maximum Gasteiger partial charge on any atom is 0.187 e. The van der Waals surface area contributed by atoms with Crippen molar-refractivity contribution in [3.63, 3.8) is 0 Å². The van der Waals surface area contributed by atoms with E-state index in [0.717, 1.165) is 50.9 Å². The Hall–Kier alpha value is -5.47. The van der Waals surface area contributed by atoms with E-state index in [2.05, 4.69) is 68.7 Å². The largest absolute Gasteiger partial charge is 0.340 e. The van der Waals surface area contributed by atoms with Crippen LogP contribution in [0.15, 0.2) is 133 Å². The Morgan fingerprint density at radius 1 is 0.795 bits per heavy atom. The van der Waals surface area contributed by atoms with E-state index in [9.17, 15) is 0 Å². The fourth-order valence-electron chi connectivity index (χ4n) is 5.21. The summed E-state index contributed by atoms with van der Waals surface area (Å²) in [6, 6.07) is 37.0. The maximum absolute atomic E-state index is 7.24. The average Bonchev–Trinajstić information content (AvgIpc) is 3.62. The Morgan fingerprint density at radius 3 is 2.21 bits per heavy atom. The molecular weight excluding hydrogens is 478 g/mol. The molecule has 0 fully saturated rings. The number of aromatic nitrogens is 3. The van der Waals surface area contributed by atoms with Crippen molar-refractivity contribution >= 4 is 17.1 Å². The Balaban J connectivity index is 1.33. The van der Waals surface area contributed by atoms with Gasteiger partial charge in [0, 0.05) is 41.8 Å². The molecule has 5 heteroatoms. The van der Waals surface area contributed by atoms with Crippen LogP contribution in [0.25, 0.3) is 33.2 Å². The fourth-order valence-corrected chi connectivity index (χ4v) is 5.21. The molecule has 7 rings (SSSR count). The molecule has 2 aromatic heterocycles. The van der Waals surface area contributed by atoms with Crippen molar-refractivity contribution in [2.75, 3.05) is 0 Å². The van der Waals surface area contributed by atoms with Crippen LogP contribution in [0.2, 0.25) is 0 Å². The number of benzene rings is 4. The summed E-state index contributed by atoms with van der Waals surface area (Å²) >= 11 is 0. The zero-order valence-electron chi connectivity index (χ0n) is 21.1. The molecule has 0 spiro atoms. The lowest BCUT2D eigenvalue weighted by molar-refractivity contribution is 0.819. The third-order valence-electron chi connectivity index (χ3n) is 7.09. The second-order valence-corrected chi connectivity index (χ2v) is 9.53. The van der Waals surface area contributed by atoms with Crippen LogP contribution in [0.5, 0.6) is 0 Å². The van der Waals surface area contributed by atoms with Crippen LogP contribution in [0.1, 0.15) is 16.7 Å². The highest BCUT2D eigenvalue weighted by Crippen LogP contribution is 2.35. The Labute approximate surface area is 226 Å². The Bertz CT molecular complexity index is 1830. The van der Waals surface area contributed by atoms with Crippen LogP contribution in [0.3, 0.4) is 0 Å². The van der Waals surface area contributed by atoms with Crippen molar-refractivity contribution < 1.29 is 0 Å². The van der Waals surface area contributed by atoms with Crippen molar-refractivity contribution in [1.82, 2.24) is 14.1 Å². The number of rotatable bonds is 4. The van der Waals surface area contributed by atoms with E-state index in [4.69, 9.17) is 16.5 Å². The first-order valence-corrected chi connectivity index (χ1v) is 12.8. The molecule has 0 N–H and O–H groups in total. The van der Waals surface area contributed by atoms with Crippen molar-refractivity contribution in [2.45, 2.75) is 6.54 Å². The Morgan fingerprint density at radius 2 is 1.51 bits per heavy atom. The summed E-state index contributed by atoms with van der Waals surface area (Å²) in [5.74, 6) is 0.906. The van der Waals surface area contributed by atoms with Gasteiger partial charge in [0.2, 0.25) is 0 Å². The van der Waals surface area contributed by atoms with Gasteiger partial charge in [0.25, 0.3) is 0 Å². The minimum atomic E-state index is 0.641. The van der Waals surface area contributed by atoms with Gasteiger partial charge in [0.05, 0.1) is 29.4 Å². The summed E-state index contributed by atoms with van der Waals surface area (Å²) in [5, 5.41) is 0. The van der Waals surface area contributed by atoms with Gasteiger partial charge in [-0.25, -0.2) is 14.8 Å². The first kappa shape index (κ1) is 22.7. The van der Waals surface area contributed by atoms with E-state index in [-0.39, 0.29) is 0 Å². The predicted octanol–water partition coefficient (Wildman–Crippen LogP) is 8.09. The van der Waals surface area contributed by atoms with Crippen molar-refractivity contribution in [3.05, 3.63) is 156 Å². The van der Waals surface area contributed by atoms with Gasteiger partial charge in [0.15, 0.2) is 11.5 Å². The molecule has 1 aliphatic rings. The quantitative estimate of drug-likeness (QED) is 0.177. The molecule has 0 bridgehead atoms. The van der Waals surface area contributed by atoms with Gasteiger partial charge in [0.1, 0.15) is 0 Å². The van der Waals surface area contributed by atoms with E-state index >= 15 is 0 Å². The third-order valence-corrected chi connectivity index (χ3v) is 7.09. The van der Waals surface area contributed by atoms with E-state index in [1.54, 1.807) is 0 Å². The highest BCUT2D eigenvalue weighted by atomic mass is 15.1. The van der Waals surface area contributed by atoms with Gasteiger partial charge in [-0.1, -0.05) is 84.9 Å². The van der Waals surface area contributed by atoms with E-state index in [0.29, 0.717) is 12.2 Å². The normalized spacial score (nSPS) is 11.5. The van der Waals surface area contributed by atoms with Gasteiger partial charge >= 0.3 is 0 Å². The maximum atomic E-state index is 7.24. The number of fused-ring (bicyclic) bond motifs is 5. The molecule has 5 nitrogen and oxygen atoms in total. The highest BCUT2D eigenvalue weighted by Gasteiger charge is 2.21. The molecule has 39 heavy (non-hydrogen) atoms. The molecule has 3 heterocycles. The van der Waals surface area contributed by atoms with Crippen LogP contribution < -0.4 is 0 Å². The van der Waals surface area contributed by atoms with Crippen molar-refractivity contribution in [3.8, 4) is 28.3 Å². The first-order chi connectivity index (χ1) is 19.3. The predicted molar refractivity (Wildman–Crippen MR) is 156 cm³/mol. The lowest BCUT2D eigenvalue weighted by Gasteiger charge is -2.12. The number of hydrogen-bond acceptors (Lipinski definition) is 2. The number of hydrogen-bond donors (Lipinski definition) is 0. The molecule has 184 valence electrons.